The number of hydrogen-bond acceptors (Lipinski definition) is 6. The number of aromatic nitrogens is 1. The monoisotopic (exact) mass is 444 g/mol. The number of carbonyl (C=O) groups excluding carboxylic acids is 1. The van der Waals surface area contributed by atoms with Crippen LogP contribution in [0.4, 0.5) is 0 Å². The molecule has 174 valence electrons. The van der Waals surface area contributed by atoms with Gasteiger partial charge in [-0.05, 0) is 45.9 Å². The highest BCUT2D eigenvalue weighted by molar-refractivity contribution is 5.96. The molecule has 8 heteroatoms. The Kier molecular flexibility index (Phi) is 7.66. The second kappa shape index (κ2) is 10.4. The van der Waals surface area contributed by atoms with Gasteiger partial charge in [-0.25, -0.2) is 0 Å². The summed E-state index contributed by atoms with van der Waals surface area (Å²) in [6, 6.07) is 6.73. The van der Waals surface area contributed by atoms with E-state index in [1.165, 1.54) is 6.07 Å². The van der Waals surface area contributed by atoms with Gasteiger partial charge in [0.25, 0.3) is 11.5 Å². The SMILES string of the molecule is CCOc1cc(C(=O)N2CCC(Oc3cc(C)n(C)c(=O)c3)C2)cc(OCC)c1OCC. The topological polar surface area (TPSA) is 79.2 Å². The Bertz CT molecular complexity index is 989. The van der Waals surface area contributed by atoms with E-state index in [1.807, 2.05) is 33.8 Å². The summed E-state index contributed by atoms with van der Waals surface area (Å²) in [6.07, 6.45) is 0.513. The van der Waals surface area contributed by atoms with Crippen LogP contribution in [0.25, 0.3) is 0 Å². The summed E-state index contributed by atoms with van der Waals surface area (Å²) in [5, 5.41) is 0. The first-order valence-corrected chi connectivity index (χ1v) is 11.1. The number of hydrogen-bond donors (Lipinski definition) is 0. The maximum absolute atomic E-state index is 13.2. The Morgan fingerprint density at radius 3 is 2.19 bits per heavy atom. The average molecular weight is 445 g/mol. The molecule has 1 aliphatic rings. The summed E-state index contributed by atoms with van der Waals surface area (Å²) in [4.78, 5) is 27.0. The molecule has 1 atom stereocenters. The minimum absolute atomic E-state index is 0.118. The van der Waals surface area contributed by atoms with E-state index in [4.69, 9.17) is 18.9 Å². The van der Waals surface area contributed by atoms with Crippen molar-refractivity contribution in [3.05, 3.63) is 45.9 Å². The molecule has 2 heterocycles. The van der Waals surface area contributed by atoms with Crippen molar-refractivity contribution in [2.75, 3.05) is 32.9 Å². The van der Waals surface area contributed by atoms with E-state index in [0.29, 0.717) is 67.9 Å². The van der Waals surface area contributed by atoms with Gasteiger partial charge in [0.2, 0.25) is 5.75 Å². The van der Waals surface area contributed by atoms with Crippen LogP contribution >= 0.6 is 0 Å². The Hall–Kier alpha value is -3.16. The third-order valence-corrected chi connectivity index (χ3v) is 5.37. The van der Waals surface area contributed by atoms with Crippen molar-refractivity contribution in [3.8, 4) is 23.0 Å². The minimum Gasteiger partial charge on any atom is -0.490 e. The Morgan fingerprint density at radius 1 is 1.00 bits per heavy atom. The molecule has 0 spiro atoms. The van der Waals surface area contributed by atoms with Gasteiger partial charge in [0.1, 0.15) is 11.9 Å². The molecule has 0 N–H and O–H groups in total. The number of aryl methyl sites for hydroxylation is 1. The first kappa shape index (κ1) is 23.5. The molecule has 1 aliphatic heterocycles. The Labute approximate surface area is 188 Å². The maximum Gasteiger partial charge on any atom is 0.254 e. The van der Waals surface area contributed by atoms with E-state index in [-0.39, 0.29) is 17.6 Å². The predicted octanol–water partition coefficient (Wildman–Crippen LogP) is 3.18. The van der Waals surface area contributed by atoms with Crippen molar-refractivity contribution in [1.29, 1.82) is 0 Å². The van der Waals surface area contributed by atoms with Gasteiger partial charge in [-0.2, -0.15) is 0 Å². The third-order valence-electron chi connectivity index (χ3n) is 5.37. The highest BCUT2D eigenvalue weighted by atomic mass is 16.5. The maximum atomic E-state index is 13.2. The molecule has 1 aromatic heterocycles. The largest absolute Gasteiger partial charge is 0.490 e. The van der Waals surface area contributed by atoms with Crippen molar-refractivity contribution in [3.63, 3.8) is 0 Å². The second-order valence-electron chi connectivity index (χ2n) is 7.61. The second-order valence-corrected chi connectivity index (χ2v) is 7.61. The van der Waals surface area contributed by atoms with Crippen LogP contribution in [0.15, 0.2) is 29.1 Å². The quantitative estimate of drug-likeness (QED) is 0.591. The average Bonchev–Trinajstić information content (AvgIpc) is 3.22. The first-order chi connectivity index (χ1) is 15.4. The van der Waals surface area contributed by atoms with Crippen LogP contribution in [0.5, 0.6) is 23.0 Å². The van der Waals surface area contributed by atoms with Crippen LogP contribution in [-0.2, 0) is 7.05 Å². The van der Waals surface area contributed by atoms with Crippen LogP contribution in [0.2, 0.25) is 0 Å². The number of carbonyl (C=O) groups is 1. The highest BCUT2D eigenvalue weighted by Gasteiger charge is 2.30. The zero-order valence-corrected chi connectivity index (χ0v) is 19.5. The van der Waals surface area contributed by atoms with Crippen molar-refractivity contribution >= 4 is 5.91 Å². The molecule has 2 aromatic rings. The third kappa shape index (κ3) is 5.18. The summed E-state index contributed by atoms with van der Waals surface area (Å²) in [5.41, 5.74) is 1.18. The zero-order chi connectivity index (χ0) is 23.3. The standard InChI is InChI=1S/C24H32N2O6/c1-6-29-20-12-17(13-21(30-7-2)23(20)31-8-3)24(28)26-10-9-18(15-26)32-19-11-16(4)25(5)22(27)14-19/h11-14,18H,6-10,15H2,1-5H3. The van der Waals surface area contributed by atoms with E-state index >= 15 is 0 Å². The molecule has 3 rings (SSSR count). The molecular formula is C24H32N2O6. The smallest absolute Gasteiger partial charge is 0.254 e. The Balaban J connectivity index is 1.78. The van der Waals surface area contributed by atoms with Crippen LogP contribution in [-0.4, -0.2) is 54.4 Å². The van der Waals surface area contributed by atoms with E-state index in [9.17, 15) is 9.59 Å². The normalized spacial score (nSPS) is 15.5. The molecular weight excluding hydrogens is 412 g/mol. The molecule has 1 fully saturated rings. The van der Waals surface area contributed by atoms with Crippen LogP contribution < -0.4 is 24.5 Å². The zero-order valence-electron chi connectivity index (χ0n) is 19.5. The summed E-state index contributed by atoms with van der Waals surface area (Å²) >= 11 is 0. The summed E-state index contributed by atoms with van der Waals surface area (Å²) in [6.45, 7) is 9.85. The van der Waals surface area contributed by atoms with Crippen LogP contribution in [0.1, 0.15) is 43.2 Å². The molecule has 1 amide bonds. The van der Waals surface area contributed by atoms with Gasteiger partial charge < -0.3 is 28.4 Å². The summed E-state index contributed by atoms with van der Waals surface area (Å²) in [5.74, 6) is 1.90. The number of amides is 1. The fraction of sp³-hybridized carbons (Fsp3) is 0.500. The summed E-state index contributed by atoms with van der Waals surface area (Å²) in [7, 11) is 1.72. The molecule has 32 heavy (non-hydrogen) atoms. The van der Waals surface area contributed by atoms with Crippen molar-refractivity contribution in [2.24, 2.45) is 7.05 Å². The molecule has 1 aromatic carbocycles. The van der Waals surface area contributed by atoms with Crippen molar-refractivity contribution in [2.45, 2.75) is 40.2 Å². The Morgan fingerprint density at radius 2 is 1.62 bits per heavy atom. The van der Waals surface area contributed by atoms with Gasteiger partial charge in [-0.15, -0.1) is 0 Å². The van der Waals surface area contributed by atoms with Gasteiger partial charge in [-0.3, -0.25) is 9.59 Å². The van der Waals surface area contributed by atoms with E-state index in [1.54, 1.807) is 28.6 Å². The fourth-order valence-electron chi connectivity index (χ4n) is 3.70. The summed E-state index contributed by atoms with van der Waals surface area (Å²) < 4.78 is 24.8. The van der Waals surface area contributed by atoms with Gasteiger partial charge in [0.05, 0.1) is 26.4 Å². The van der Waals surface area contributed by atoms with Crippen molar-refractivity contribution < 1.29 is 23.7 Å². The van der Waals surface area contributed by atoms with Gasteiger partial charge in [0.15, 0.2) is 11.5 Å². The molecule has 0 aliphatic carbocycles. The van der Waals surface area contributed by atoms with Gasteiger partial charge >= 0.3 is 0 Å². The lowest BCUT2D eigenvalue weighted by molar-refractivity contribution is 0.0771. The molecule has 8 nitrogen and oxygen atoms in total. The number of likely N-dealkylation sites (tertiary alicyclic amines) is 1. The van der Waals surface area contributed by atoms with Crippen LogP contribution in [0, 0.1) is 6.92 Å². The van der Waals surface area contributed by atoms with Crippen LogP contribution in [0.3, 0.4) is 0 Å². The van der Waals surface area contributed by atoms with E-state index in [2.05, 4.69) is 0 Å². The van der Waals surface area contributed by atoms with Gasteiger partial charge in [0, 0.05) is 37.3 Å². The number of ether oxygens (including phenoxy) is 4. The molecule has 1 saturated heterocycles. The molecule has 1 unspecified atom stereocenters. The lowest BCUT2D eigenvalue weighted by Gasteiger charge is -2.20. The lowest BCUT2D eigenvalue weighted by Crippen LogP contribution is -2.31. The predicted molar refractivity (Wildman–Crippen MR) is 121 cm³/mol. The van der Waals surface area contributed by atoms with Crippen molar-refractivity contribution in [1.82, 2.24) is 9.47 Å². The molecule has 0 radical (unpaired) electrons. The molecule has 0 bridgehead atoms. The van der Waals surface area contributed by atoms with Gasteiger partial charge in [-0.1, -0.05) is 0 Å². The van der Waals surface area contributed by atoms with E-state index in [0.717, 1.165) is 5.69 Å². The highest BCUT2D eigenvalue weighted by Crippen LogP contribution is 2.39. The number of nitrogens with zero attached hydrogens (tertiary/aromatic N) is 2. The number of pyridine rings is 1. The molecule has 0 saturated carbocycles. The number of rotatable bonds is 9. The fourth-order valence-corrected chi connectivity index (χ4v) is 3.70. The minimum atomic E-state index is -0.175. The lowest BCUT2D eigenvalue weighted by atomic mass is 10.1. The number of benzene rings is 1. The first-order valence-electron chi connectivity index (χ1n) is 11.1. The van der Waals surface area contributed by atoms with E-state index < -0.39 is 0 Å².